The van der Waals surface area contributed by atoms with Gasteiger partial charge >= 0.3 is 0 Å². The van der Waals surface area contributed by atoms with Gasteiger partial charge in [0.25, 0.3) is 5.91 Å². The molecule has 0 atom stereocenters. The van der Waals surface area contributed by atoms with E-state index in [2.05, 4.69) is 20.7 Å². The van der Waals surface area contributed by atoms with Gasteiger partial charge in [-0.25, -0.2) is 0 Å². The third-order valence-corrected chi connectivity index (χ3v) is 3.96. The molecular weight excluding hydrogens is 300 g/mol. The zero-order valence-electron chi connectivity index (χ0n) is 13.6. The van der Waals surface area contributed by atoms with Gasteiger partial charge in [0.15, 0.2) is 0 Å². The van der Waals surface area contributed by atoms with E-state index in [4.69, 9.17) is 0 Å². The van der Waals surface area contributed by atoms with E-state index in [1.165, 1.54) is 6.42 Å². The van der Waals surface area contributed by atoms with Crippen molar-refractivity contribution in [2.45, 2.75) is 19.3 Å². The molecule has 1 amide bonds. The molecule has 0 bridgehead atoms. The summed E-state index contributed by atoms with van der Waals surface area (Å²) in [5.41, 5.74) is 4.63. The number of amides is 1. The average molecular weight is 322 g/mol. The van der Waals surface area contributed by atoms with Gasteiger partial charge in [-0.1, -0.05) is 36.4 Å². The van der Waals surface area contributed by atoms with Crippen LogP contribution in [0.25, 0.3) is 0 Å². The first-order chi connectivity index (χ1) is 11.8. The Labute approximate surface area is 142 Å². The van der Waals surface area contributed by atoms with Crippen molar-refractivity contribution < 1.29 is 4.79 Å². The number of amidine groups is 1. The topological polar surface area (TPSA) is 56.7 Å². The number of carbonyl (C=O) groups excluding carboxylic acids is 1. The van der Waals surface area contributed by atoms with Gasteiger partial charge in [-0.2, -0.15) is 5.10 Å². The van der Waals surface area contributed by atoms with Gasteiger partial charge in [0, 0.05) is 18.8 Å². The van der Waals surface area contributed by atoms with Crippen LogP contribution in [0, 0.1) is 0 Å². The lowest BCUT2D eigenvalue weighted by molar-refractivity contribution is -0.111. The number of likely N-dealkylation sites (tertiary alicyclic amines) is 1. The second-order valence-electron chi connectivity index (χ2n) is 5.78. The fraction of sp³-hybridized carbons (Fsp3) is 0.263. The number of hydrogen-bond donors (Lipinski definition) is 2. The standard InChI is InChI=1S/C19H22N4O/c24-19(20-16-10-4-1-5-11-16)18(23-14-8-3-9-15-23)22-21-17-12-6-2-7-13-17/h1-2,4-7,10-13,21H,3,8-9,14-15H2,(H,20,24)/b22-18-. The van der Waals surface area contributed by atoms with Crippen LogP contribution in [-0.2, 0) is 4.79 Å². The number of piperidine rings is 1. The molecule has 0 aromatic heterocycles. The molecule has 1 fully saturated rings. The van der Waals surface area contributed by atoms with E-state index >= 15 is 0 Å². The van der Waals surface area contributed by atoms with Gasteiger partial charge in [-0.05, 0) is 43.5 Å². The molecule has 124 valence electrons. The van der Waals surface area contributed by atoms with Crippen molar-refractivity contribution in [2.75, 3.05) is 23.8 Å². The summed E-state index contributed by atoms with van der Waals surface area (Å²) in [6.07, 6.45) is 3.38. The van der Waals surface area contributed by atoms with E-state index in [1.54, 1.807) is 0 Å². The van der Waals surface area contributed by atoms with Crippen molar-refractivity contribution >= 4 is 23.1 Å². The normalized spacial score (nSPS) is 15.0. The molecule has 24 heavy (non-hydrogen) atoms. The molecule has 0 radical (unpaired) electrons. The van der Waals surface area contributed by atoms with Gasteiger partial charge in [0.1, 0.15) is 0 Å². The summed E-state index contributed by atoms with van der Waals surface area (Å²) in [5, 5.41) is 7.32. The Bertz CT molecular complexity index is 679. The maximum absolute atomic E-state index is 12.7. The van der Waals surface area contributed by atoms with Crippen LogP contribution in [0.15, 0.2) is 65.8 Å². The average Bonchev–Trinajstić information content (AvgIpc) is 2.64. The summed E-state index contributed by atoms with van der Waals surface area (Å²) in [6.45, 7) is 1.72. The summed E-state index contributed by atoms with van der Waals surface area (Å²) < 4.78 is 0. The molecule has 5 nitrogen and oxygen atoms in total. The molecule has 2 aromatic carbocycles. The predicted octanol–water partition coefficient (Wildman–Crippen LogP) is 3.54. The molecule has 1 saturated heterocycles. The van der Waals surface area contributed by atoms with Crippen LogP contribution in [0.5, 0.6) is 0 Å². The minimum atomic E-state index is -0.188. The highest BCUT2D eigenvalue weighted by Gasteiger charge is 2.22. The van der Waals surface area contributed by atoms with Crippen molar-refractivity contribution in [3.8, 4) is 0 Å². The largest absolute Gasteiger partial charge is 0.351 e. The van der Waals surface area contributed by atoms with Crippen LogP contribution in [0.4, 0.5) is 11.4 Å². The highest BCUT2D eigenvalue weighted by molar-refractivity contribution is 6.42. The molecular formula is C19H22N4O. The minimum Gasteiger partial charge on any atom is -0.351 e. The van der Waals surface area contributed by atoms with Crippen LogP contribution >= 0.6 is 0 Å². The third-order valence-electron chi connectivity index (χ3n) is 3.96. The molecule has 0 saturated carbocycles. The number of carbonyl (C=O) groups is 1. The van der Waals surface area contributed by atoms with Crippen LogP contribution in [0.2, 0.25) is 0 Å². The van der Waals surface area contributed by atoms with Gasteiger partial charge in [0.05, 0.1) is 5.69 Å². The third kappa shape index (κ3) is 4.35. The molecule has 1 aliphatic rings. The lowest BCUT2D eigenvalue weighted by atomic mass is 10.1. The van der Waals surface area contributed by atoms with Gasteiger partial charge in [0.2, 0.25) is 5.84 Å². The smallest absolute Gasteiger partial charge is 0.293 e. The first kappa shape index (κ1) is 16.1. The summed E-state index contributed by atoms with van der Waals surface area (Å²) in [7, 11) is 0. The van der Waals surface area contributed by atoms with E-state index in [-0.39, 0.29) is 5.91 Å². The van der Waals surface area contributed by atoms with Crippen molar-refractivity contribution in [1.82, 2.24) is 4.90 Å². The van der Waals surface area contributed by atoms with Crippen LogP contribution in [0.1, 0.15) is 19.3 Å². The fourth-order valence-corrected chi connectivity index (χ4v) is 2.71. The highest BCUT2D eigenvalue weighted by atomic mass is 16.2. The molecule has 0 spiro atoms. The second kappa shape index (κ2) is 8.15. The lowest BCUT2D eigenvalue weighted by Crippen LogP contribution is -2.43. The van der Waals surface area contributed by atoms with Crippen LogP contribution in [-0.4, -0.2) is 29.7 Å². The Hall–Kier alpha value is -2.82. The summed E-state index contributed by atoms with van der Waals surface area (Å²) in [4.78, 5) is 14.8. The highest BCUT2D eigenvalue weighted by Crippen LogP contribution is 2.13. The SMILES string of the molecule is O=C(Nc1ccccc1)/C(=N/Nc1ccccc1)N1CCCCC1. The number of nitrogens with zero attached hydrogens (tertiary/aromatic N) is 2. The summed E-state index contributed by atoms with van der Waals surface area (Å²) in [6, 6.07) is 19.1. The number of para-hydroxylation sites is 2. The van der Waals surface area contributed by atoms with Crippen molar-refractivity contribution in [3.05, 3.63) is 60.7 Å². The van der Waals surface area contributed by atoms with Crippen molar-refractivity contribution in [2.24, 2.45) is 5.10 Å². The molecule has 0 unspecified atom stereocenters. The molecule has 5 heteroatoms. The van der Waals surface area contributed by atoms with Crippen LogP contribution < -0.4 is 10.7 Å². The fourth-order valence-electron chi connectivity index (χ4n) is 2.71. The molecule has 2 aromatic rings. The number of hydrazone groups is 1. The Morgan fingerprint density at radius 1 is 0.833 bits per heavy atom. The molecule has 0 aliphatic carbocycles. The zero-order chi connectivity index (χ0) is 16.6. The van der Waals surface area contributed by atoms with E-state index in [0.717, 1.165) is 37.3 Å². The predicted molar refractivity (Wildman–Crippen MR) is 98.0 cm³/mol. The van der Waals surface area contributed by atoms with Gasteiger partial charge in [-0.15, -0.1) is 0 Å². The van der Waals surface area contributed by atoms with Gasteiger partial charge < -0.3 is 10.2 Å². The molecule has 2 N–H and O–H groups in total. The lowest BCUT2D eigenvalue weighted by Gasteiger charge is -2.28. The maximum atomic E-state index is 12.7. The monoisotopic (exact) mass is 322 g/mol. The Kier molecular flexibility index (Phi) is 5.45. The second-order valence-corrected chi connectivity index (χ2v) is 5.78. The van der Waals surface area contributed by atoms with Crippen molar-refractivity contribution in [1.29, 1.82) is 0 Å². The van der Waals surface area contributed by atoms with E-state index in [1.807, 2.05) is 60.7 Å². The Morgan fingerprint density at radius 3 is 2.04 bits per heavy atom. The minimum absolute atomic E-state index is 0.188. The molecule has 3 rings (SSSR count). The number of benzene rings is 2. The Morgan fingerprint density at radius 2 is 1.42 bits per heavy atom. The van der Waals surface area contributed by atoms with E-state index in [0.29, 0.717) is 5.84 Å². The van der Waals surface area contributed by atoms with Gasteiger partial charge in [-0.3, -0.25) is 10.2 Å². The number of anilines is 2. The Balaban J connectivity index is 1.77. The quantitative estimate of drug-likeness (QED) is 0.516. The molecule has 1 aliphatic heterocycles. The van der Waals surface area contributed by atoms with E-state index in [9.17, 15) is 4.79 Å². The van der Waals surface area contributed by atoms with Crippen LogP contribution in [0.3, 0.4) is 0 Å². The first-order valence-electron chi connectivity index (χ1n) is 8.33. The number of nitrogens with one attached hydrogen (secondary N) is 2. The first-order valence-corrected chi connectivity index (χ1v) is 8.33. The summed E-state index contributed by atoms with van der Waals surface area (Å²) >= 11 is 0. The molecule has 1 heterocycles. The van der Waals surface area contributed by atoms with Crippen molar-refractivity contribution in [3.63, 3.8) is 0 Å². The maximum Gasteiger partial charge on any atom is 0.293 e. The zero-order valence-corrected chi connectivity index (χ0v) is 13.6. The number of hydrogen-bond acceptors (Lipinski definition) is 3. The number of rotatable bonds is 3. The van der Waals surface area contributed by atoms with E-state index < -0.39 is 0 Å². The summed E-state index contributed by atoms with van der Waals surface area (Å²) in [5.74, 6) is 0.244.